The number of methoxy groups -OCH3 is 1. The van der Waals surface area contributed by atoms with Gasteiger partial charge >= 0.3 is 0 Å². The summed E-state index contributed by atoms with van der Waals surface area (Å²) in [6.07, 6.45) is 0.761. The number of halogens is 1. The molecule has 0 aliphatic heterocycles. The van der Waals surface area contributed by atoms with Crippen LogP contribution in [0, 0.1) is 5.41 Å². The molecule has 2 N–H and O–H groups in total. The highest BCUT2D eigenvalue weighted by Crippen LogP contribution is 2.55. The van der Waals surface area contributed by atoms with Crippen LogP contribution < -0.4 is 10.5 Å². The number of rotatable bonds is 8. The fourth-order valence-electron chi connectivity index (χ4n) is 3.31. The molecule has 1 aromatic carbocycles. The van der Waals surface area contributed by atoms with Crippen molar-refractivity contribution in [1.29, 1.82) is 0 Å². The smallest absolute Gasteiger partial charge is 0.247 e. The Bertz CT molecular complexity index is 752. The number of nitrogens with two attached hydrogens (primary N) is 1. The molecule has 7 nitrogen and oxygen atoms in total. The normalized spacial score (nSPS) is 23.4. The third kappa shape index (κ3) is 4.11. The fourth-order valence-corrected chi connectivity index (χ4v) is 3.31. The fraction of sp³-hybridized carbons (Fsp3) is 0.579. The summed E-state index contributed by atoms with van der Waals surface area (Å²) < 4.78 is 22.1. The van der Waals surface area contributed by atoms with Gasteiger partial charge in [0.25, 0.3) is 0 Å². The average Bonchev–Trinajstić information content (AvgIpc) is 3.11. The Morgan fingerprint density at radius 3 is 2.74 bits per heavy atom. The molecule has 1 aliphatic carbocycles. The molecule has 0 amide bonds. The Kier molecular flexibility index (Phi) is 6.86. The van der Waals surface area contributed by atoms with E-state index in [2.05, 4.69) is 24.0 Å². The van der Waals surface area contributed by atoms with Crippen molar-refractivity contribution >= 4 is 12.4 Å². The molecule has 27 heavy (non-hydrogen) atoms. The number of aromatic nitrogens is 2. The van der Waals surface area contributed by atoms with Crippen molar-refractivity contribution in [2.45, 2.75) is 52.0 Å². The number of benzene rings is 1. The molecule has 0 saturated heterocycles. The third-order valence-corrected chi connectivity index (χ3v) is 5.31. The van der Waals surface area contributed by atoms with E-state index in [9.17, 15) is 0 Å². The van der Waals surface area contributed by atoms with Crippen LogP contribution in [0.25, 0.3) is 0 Å². The molecule has 1 saturated carbocycles. The van der Waals surface area contributed by atoms with Gasteiger partial charge in [0, 0.05) is 18.4 Å². The van der Waals surface area contributed by atoms with E-state index < -0.39 is 5.54 Å². The Morgan fingerprint density at radius 1 is 1.30 bits per heavy atom. The summed E-state index contributed by atoms with van der Waals surface area (Å²) in [6.45, 7) is 7.48. The molecule has 1 aromatic heterocycles. The second kappa shape index (κ2) is 8.56. The topological polar surface area (TPSA) is 92.6 Å². The highest BCUT2D eigenvalue weighted by molar-refractivity contribution is 5.85. The maximum Gasteiger partial charge on any atom is 0.247 e. The van der Waals surface area contributed by atoms with E-state index in [-0.39, 0.29) is 30.5 Å². The standard InChI is InChI=1S/C19H27N3O4.ClH/c1-5-25-15-10-19(20,18(15,2)3)17-21-16(22-26-17)12-24-11-13-7-6-8-14(9-13)23-4;/h6-9,15H,5,10-12,20H2,1-4H3;1H. The molecular formula is C19H28ClN3O4. The van der Waals surface area contributed by atoms with Gasteiger partial charge in [0.1, 0.15) is 17.9 Å². The minimum atomic E-state index is -0.676. The Labute approximate surface area is 166 Å². The number of ether oxygens (including phenoxy) is 3. The lowest BCUT2D eigenvalue weighted by Crippen LogP contribution is -2.67. The maximum absolute atomic E-state index is 6.56. The maximum atomic E-state index is 6.56. The van der Waals surface area contributed by atoms with Crippen molar-refractivity contribution in [3.8, 4) is 5.75 Å². The summed E-state index contributed by atoms with van der Waals surface area (Å²) in [6, 6.07) is 7.73. The van der Waals surface area contributed by atoms with E-state index in [0.29, 0.717) is 31.3 Å². The van der Waals surface area contributed by atoms with Crippen LogP contribution >= 0.6 is 12.4 Å². The molecule has 1 heterocycles. The van der Waals surface area contributed by atoms with Gasteiger partial charge in [0.15, 0.2) is 5.82 Å². The Morgan fingerprint density at radius 2 is 2.07 bits per heavy atom. The number of nitrogens with zero attached hydrogens (tertiary/aromatic N) is 2. The van der Waals surface area contributed by atoms with Gasteiger partial charge in [0.2, 0.25) is 5.89 Å². The van der Waals surface area contributed by atoms with Gasteiger partial charge in [-0.05, 0) is 24.6 Å². The molecule has 2 unspecified atom stereocenters. The van der Waals surface area contributed by atoms with Crippen LogP contribution in [0.4, 0.5) is 0 Å². The molecule has 0 spiro atoms. The van der Waals surface area contributed by atoms with Crippen LogP contribution in [0.15, 0.2) is 28.8 Å². The monoisotopic (exact) mass is 397 g/mol. The van der Waals surface area contributed by atoms with E-state index in [4.69, 9.17) is 24.5 Å². The minimum absolute atomic E-state index is 0. The largest absolute Gasteiger partial charge is 0.497 e. The number of hydrogen-bond acceptors (Lipinski definition) is 7. The van der Waals surface area contributed by atoms with Crippen molar-refractivity contribution < 1.29 is 18.7 Å². The molecule has 8 heteroatoms. The van der Waals surface area contributed by atoms with Crippen molar-refractivity contribution in [3.63, 3.8) is 0 Å². The molecular weight excluding hydrogens is 370 g/mol. The highest BCUT2D eigenvalue weighted by Gasteiger charge is 2.62. The van der Waals surface area contributed by atoms with E-state index in [1.807, 2.05) is 31.2 Å². The van der Waals surface area contributed by atoms with Gasteiger partial charge in [-0.1, -0.05) is 31.1 Å². The van der Waals surface area contributed by atoms with Gasteiger partial charge < -0.3 is 24.5 Å². The first kappa shape index (κ1) is 21.6. The molecule has 1 fully saturated rings. The molecule has 150 valence electrons. The van der Waals surface area contributed by atoms with Crippen LogP contribution in [0.3, 0.4) is 0 Å². The lowest BCUT2D eigenvalue weighted by molar-refractivity contribution is -0.162. The highest BCUT2D eigenvalue weighted by atomic mass is 35.5. The van der Waals surface area contributed by atoms with Crippen LogP contribution in [-0.4, -0.2) is 30.0 Å². The predicted octanol–water partition coefficient (Wildman–Crippen LogP) is 3.21. The summed E-state index contributed by atoms with van der Waals surface area (Å²) in [5.41, 5.74) is 6.63. The van der Waals surface area contributed by atoms with E-state index in [0.717, 1.165) is 11.3 Å². The first-order chi connectivity index (χ1) is 12.4. The van der Waals surface area contributed by atoms with Crippen LogP contribution in [-0.2, 0) is 28.2 Å². The van der Waals surface area contributed by atoms with Crippen molar-refractivity contribution in [3.05, 3.63) is 41.5 Å². The average molecular weight is 398 g/mol. The molecule has 0 bridgehead atoms. The molecule has 3 rings (SSSR count). The van der Waals surface area contributed by atoms with Crippen LogP contribution in [0.5, 0.6) is 5.75 Å². The molecule has 1 aliphatic rings. The molecule has 2 atom stereocenters. The van der Waals surface area contributed by atoms with E-state index in [1.54, 1.807) is 7.11 Å². The lowest BCUT2D eigenvalue weighted by Gasteiger charge is -2.56. The zero-order valence-electron chi connectivity index (χ0n) is 16.2. The van der Waals surface area contributed by atoms with Gasteiger partial charge in [0.05, 0.1) is 19.8 Å². The first-order valence-electron chi connectivity index (χ1n) is 8.85. The SMILES string of the molecule is CCOC1CC(N)(c2nc(COCc3cccc(OC)c3)no2)C1(C)C.Cl. The van der Waals surface area contributed by atoms with Crippen LogP contribution in [0.1, 0.15) is 44.5 Å². The molecule has 0 radical (unpaired) electrons. The lowest BCUT2D eigenvalue weighted by atomic mass is 9.54. The van der Waals surface area contributed by atoms with Crippen molar-refractivity contribution in [2.24, 2.45) is 11.1 Å². The van der Waals surface area contributed by atoms with E-state index >= 15 is 0 Å². The Hall–Kier alpha value is -1.67. The summed E-state index contributed by atoms with van der Waals surface area (Å²) in [5.74, 6) is 1.73. The Balaban J connectivity index is 0.00000261. The molecule has 2 aromatic rings. The van der Waals surface area contributed by atoms with Crippen LogP contribution in [0.2, 0.25) is 0 Å². The zero-order chi connectivity index (χ0) is 18.8. The van der Waals surface area contributed by atoms with Gasteiger partial charge in [-0.2, -0.15) is 4.98 Å². The zero-order valence-corrected chi connectivity index (χ0v) is 17.0. The third-order valence-electron chi connectivity index (χ3n) is 5.31. The van der Waals surface area contributed by atoms with Gasteiger partial charge in [-0.25, -0.2) is 0 Å². The summed E-state index contributed by atoms with van der Waals surface area (Å²) >= 11 is 0. The van der Waals surface area contributed by atoms with Crippen molar-refractivity contribution in [2.75, 3.05) is 13.7 Å². The minimum Gasteiger partial charge on any atom is -0.497 e. The summed E-state index contributed by atoms with van der Waals surface area (Å²) in [5, 5.41) is 4.01. The van der Waals surface area contributed by atoms with Gasteiger partial charge in [-0.3, -0.25) is 0 Å². The van der Waals surface area contributed by atoms with E-state index in [1.165, 1.54) is 0 Å². The quantitative estimate of drug-likeness (QED) is 0.730. The van der Waals surface area contributed by atoms with Crippen molar-refractivity contribution in [1.82, 2.24) is 10.1 Å². The van der Waals surface area contributed by atoms with Gasteiger partial charge in [-0.15, -0.1) is 12.4 Å². The second-order valence-electron chi connectivity index (χ2n) is 7.20. The predicted molar refractivity (Wildman–Crippen MR) is 103 cm³/mol. The number of hydrogen-bond donors (Lipinski definition) is 1. The first-order valence-corrected chi connectivity index (χ1v) is 8.85. The second-order valence-corrected chi connectivity index (χ2v) is 7.20. The summed E-state index contributed by atoms with van der Waals surface area (Å²) in [4.78, 5) is 4.45. The summed E-state index contributed by atoms with van der Waals surface area (Å²) in [7, 11) is 1.64.